The number of nitrogens with zero attached hydrogens (tertiary/aromatic N) is 2. The van der Waals surface area contributed by atoms with E-state index in [1.807, 2.05) is 0 Å². The highest BCUT2D eigenvalue weighted by molar-refractivity contribution is 6.30. The van der Waals surface area contributed by atoms with E-state index in [2.05, 4.69) is 20.8 Å². The lowest BCUT2D eigenvalue weighted by molar-refractivity contribution is -0.115. The fourth-order valence-electron chi connectivity index (χ4n) is 2.18. The second kappa shape index (κ2) is 7.79. The lowest BCUT2D eigenvalue weighted by Crippen LogP contribution is -2.32. The second-order valence-electron chi connectivity index (χ2n) is 5.44. The van der Waals surface area contributed by atoms with Crippen molar-refractivity contribution in [3.05, 3.63) is 65.0 Å². The van der Waals surface area contributed by atoms with Crippen LogP contribution >= 0.6 is 11.6 Å². The quantitative estimate of drug-likeness (QED) is 0.719. The summed E-state index contributed by atoms with van der Waals surface area (Å²) in [5.41, 5.74) is 1.74. The molecule has 26 heavy (non-hydrogen) atoms. The average molecular weight is 371 g/mol. The van der Waals surface area contributed by atoms with Crippen molar-refractivity contribution in [3.63, 3.8) is 0 Å². The summed E-state index contributed by atoms with van der Waals surface area (Å²) in [6.45, 7) is 1.56. The number of rotatable bonds is 5. The second-order valence-corrected chi connectivity index (χ2v) is 5.88. The Kier molecular flexibility index (Phi) is 5.28. The number of nitrogens with one attached hydrogen (secondary N) is 2. The van der Waals surface area contributed by atoms with Crippen LogP contribution in [0.2, 0.25) is 5.02 Å². The fraction of sp³-hybridized carbons (Fsp3) is 0.111. The van der Waals surface area contributed by atoms with Crippen LogP contribution in [0.4, 0.5) is 5.69 Å². The predicted molar refractivity (Wildman–Crippen MR) is 96.9 cm³/mol. The van der Waals surface area contributed by atoms with Gasteiger partial charge in [0.05, 0.1) is 6.54 Å². The van der Waals surface area contributed by atoms with Crippen LogP contribution in [0.5, 0.6) is 0 Å². The number of carbonyl (C=O) groups is 2. The predicted octanol–water partition coefficient (Wildman–Crippen LogP) is 3.07. The van der Waals surface area contributed by atoms with E-state index in [1.165, 1.54) is 0 Å². The Morgan fingerprint density at radius 3 is 2.35 bits per heavy atom. The van der Waals surface area contributed by atoms with Gasteiger partial charge in [-0.2, -0.15) is 0 Å². The lowest BCUT2D eigenvalue weighted by Gasteiger charge is -2.07. The van der Waals surface area contributed by atoms with Gasteiger partial charge in [-0.05, 0) is 48.5 Å². The molecule has 0 fully saturated rings. The molecule has 8 heteroatoms. The average Bonchev–Trinajstić information content (AvgIpc) is 3.08. The van der Waals surface area contributed by atoms with Crippen molar-refractivity contribution in [3.8, 4) is 11.5 Å². The monoisotopic (exact) mass is 370 g/mol. The van der Waals surface area contributed by atoms with Gasteiger partial charge in [-0.15, -0.1) is 10.2 Å². The van der Waals surface area contributed by atoms with Crippen LogP contribution < -0.4 is 10.6 Å². The molecule has 0 bridgehead atoms. The first-order chi connectivity index (χ1) is 12.5. The molecule has 2 aromatic carbocycles. The molecule has 0 spiro atoms. The summed E-state index contributed by atoms with van der Waals surface area (Å²) in [6.07, 6.45) is 0. The number of hydrogen-bond donors (Lipinski definition) is 2. The van der Waals surface area contributed by atoms with Gasteiger partial charge in [-0.3, -0.25) is 9.59 Å². The molecule has 0 aliphatic rings. The van der Waals surface area contributed by atoms with Crippen LogP contribution in [0.3, 0.4) is 0 Å². The maximum atomic E-state index is 12.1. The molecule has 7 nitrogen and oxygen atoms in total. The molecule has 132 valence electrons. The summed E-state index contributed by atoms with van der Waals surface area (Å²) in [5.74, 6) is 0.161. The Labute approximate surface area is 154 Å². The van der Waals surface area contributed by atoms with Crippen LogP contribution in [-0.4, -0.2) is 28.6 Å². The van der Waals surface area contributed by atoms with Crippen molar-refractivity contribution in [1.29, 1.82) is 0 Å². The molecule has 1 aromatic heterocycles. The number of amides is 2. The number of benzene rings is 2. The normalized spacial score (nSPS) is 10.4. The van der Waals surface area contributed by atoms with E-state index in [1.54, 1.807) is 55.5 Å². The summed E-state index contributed by atoms with van der Waals surface area (Å²) in [5, 5.41) is 13.5. The number of halogens is 1. The van der Waals surface area contributed by atoms with Crippen molar-refractivity contribution < 1.29 is 14.0 Å². The molecule has 0 aliphatic carbocycles. The molecular weight excluding hydrogens is 356 g/mol. The minimum Gasteiger partial charge on any atom is -0.421 e. The van der Waals surface area contributed by atoms with Crippen molar-refractivity contribution in [2.45, 2.75) is 6.92 Å². The molecule has 2 amide bonds. The molecule has 0 saturated heterocycles. The smallest absolute Gasteiger partial charge is 0.251 e. The highest BCUT2D eigenvalue weighted by atomic mass is 35.5. The molecule has 0 aliphatic heterocycles. The van der Waals surface area contributed by atoms with Crippen LogP contribution in [0.25, 0.3) is 11.5 Å². The highest BCUT2D eigenvalue weighted by Gasteiger charge is 2.10. The fourth-order valence-corrected chi connectivity index (χ4v) is 2.30. The van der Waals surface area contributed by atoms with Crippen molar-refractivity contribution in [2.75, 3.05) is 11.9 Å². The minimum atomic E-state index is -0.357. The zero-order chi connectivity index (χ0) is 18.5. The zero-order valence-corrected chi connectivity index (χ0v) is 14.6. The summed E-state index contributed by atoms with van der Waals surface area (Å²) >= 11 is 5.79. The lowest BCUT2D eigenvalue weighted by atomic mass is 10.1. The highest BCUT2D eigenvalue weighted by Crippen LogP contribution is 2.18. The van der Waals surface area contributed by atoms with Gasteiger partial charge in [0.25, 0.3) is 5.91 Å². The molecule has 3 rings (SSSR count). The van der Waals surface area contributed by atoms with E-state index in [9.17, 15) is 9.59 Å². The molecule has 3 aromatic rings. The van der Waals surface area contributed by atoms with E-state index in [4.69, 9.17) is 16.0 Å². The molecule has 0 radical (unpaired) electrons. The third-order valence-corrected chi connectivity index (χ3v) is 3.71. The number of carbonyl (C=O) groups excluding carboxylic acids is 2. The van der Waals surface area contributed by atoms with E-state index >= 15 is 0 Å². The Balaban J connectivity index is 1.54. The standard InChI is InChI=1S/C18H15ClN4O3/c1-11-22-23-18(26-11)13-4-2-12(3-5-13)17(25)20-10-16(24)21-15-8-6-14(19)7-9-15/h2-9H,10H2,1H3,(H,20,25)(H,21,24). The molecule has 1 heterocycles. The Morgan fingerprint density at radius 2 is 1.73 bits per heavy atom. The van der Waals surface area contributed by atoms with Crippen LogP contribution in [-0.2, 0) is 4.79 Å². The first-order valence-corrected chi connectivity index (χ1v) is 8.13. The SMILES string of the molecule is Cc1nnc(-c2ccc(C(=O)NCC(=O)Nc3ccc(Cl)cc3)cc2)o1. The summed E-state index contributed by atoms with van der Waals surface area (Å²) in [7, 11) is 0. The Bertz CT molecular complexity index is 920. The van der Waals surface area contributed by atoms with E-state index in [-0.39, 0.29) is 18.4 Å². The van der Waals surface area contributed by atoms with Gasteiger partial charge in [0, 0.05) is 28.8 Å². The van der Waals surface area contributed by atoms with Gasteiger partial charge in [-0.25, -0.2) is 0 Å². The van der Waals surface area contributed by atoms with Gasteiger partial charge >= 0.3 is 0 Å². The maximum Gasteiger partial charge on any atom is 0.251 e. The van der Waals surface area contributed by atoms with Crippen LogP contribution in [0.1, 0.15) is 16.2 Å². The topological polar surface area (TPSA) is 97.1 Å². The van der Waals surface area contributed by atoms with E-state index in [0.29, 0.717) is 33.6 Å². The van der Waals surface area contributed by atoms with Crippen LogP contribution in [0.15, 0.2) is 52.9 Å². The zero-order valence-electron chi connectivity index (χ0n) is 13.8. The molecule has 2 N–H and O–H groups in total. The number of hydrogen-bond acceptors (Lipinski definition) is 5. The first-order valence-electron chi connectivity index (χ1n) is 7.75. The van der Waals surface area contributed by atoms with Crippen molar-refractivity contribution in [2.24, 2.45) is 0 Å². The first kappa shape index (κ1) is 17.6. The van der Waals surface area contributed by atoms with Gasteiger partial charge in [-0.1, -0.05) is 11.6 Å². The van der Waals surface area contributed by atoms with Crippen molar-refractivity contribution in [1.82, 2.24) is 15.5 Å². The summed E-state index contributed by atoms with van der Waals surface area (Å²) in [4.78, 5) is 24.0. The summed E-state index contributed by atoms with van der Waals surface area (Å²) in [6, 6.07) is 13.4. The van der Waals surface area contributed by atoms with E-state index < -0.39 is 0 Å². The molecule has 0 atom stereocenters. The number of anilines is 1. The summed E-state index contributed by atoms with van der Waals surface area (Å²) < 4.78 is 5.33. The Morgan fingerprint density at radius 1 is 1.04 bits per heavy atom. The molecular formula is C18H15ClN4O3. The third-order valence-electron chi connectivity index (χ3n) is 3.46. The van der Waals surface area contributed by atoms with Gasteiger partial charge in [0.2, 0.25) is 17.7 Å². The van der Waals surface area contributed by atoms with Crippen molar-refractivity contribution >= 4 is 29.1 Å². The van der Waals surface area contributed by atoms with Gasteiger partial charge < -0.3 is 15.1 Å². The Hall–Kier alpha value is -3.19. The van der Waals surface area contributed by atoms with Gasteiger partial charge in [0.15, 0.2) is 0 Å². The largest absolute Gasteiger partial charge is 0.421 e. The van der Waals surface area contributed by atoms with E-state index in [0.717, 1.165) is 0 Å². The number of aromatic nitrogens is 2. The molecule has 0 saturated carbocycles. The van der Waals surface area contributed by atoms with Crippen LogP contribution in [0, 0.1) is 6.92 Å². The molecule has 0 unspecified atom stereocenters. The minimum absolute atomic E-state index is 0.147. The van der Waals surface area contributed by atoms with Gasteiger partial charge in [0.1, 0.15) is 0 Å². The number of aryl methyl sites for hydroxylation is 1. The third kappa shape index (κ3) is 4.46. The maximum absolute atomic E-state index is 12.1.